The van der Waals surface area contributed by atoms with E-state index in [-0.39, 0.29) is 23.5 Å². The molecule has 0 unspecified atom stereocenters. The number of nitrogens with zero attached hydrogens (tertiary/aromatic N) is 5. The number of anilines is 1. The number of carbonyl (C=O) groups is 1. The van der Waals surface area contributed by atoms with Crippen LogP contribution in [0.1, 0.15) is 38.9 Å². The summed E-state index contributed by atoms with van der Waals surface area (Å²) in [5.41, 5.74) is 1.68. The zero-order chi connectivity index (χ0) is 23.2. The molecule has 0 bridgehead atoms. The van der Waals surface area contributed by atoms with E-state index in [4.69, 9.17) is 0 Å². The molecule has 0 radical (unpaired) electrons. The number of amides is 1. The van der Waals surface area contributed by atoms with Crippen molar-refractivity contribution in [1.29, 1.82) is 0 Å². The van der Waals surface area contributed by atoms with Gasteiger partial charge in [0.15, 0.2) is 11.0 Å². The lowest BCUT2D eigenvalue weighted by Crippen LogP contribution is -2.38. The van der Waals surface area contributed by atoms with Crippen LogP contribution in [-0.2, 0) is 11.3 Å². The molecular weight excluding hydrogens is 437 g/mol. The maximum atomic E-state index is 13.6. The van der Waals surface area contributed by atoms with E-state index in [1.807, 2.05) is 48.7 Å². The lowest BCUT2D eigenvalue weighted by molar-refractivity contribution is -0.116. The maximum Gasteiger partial charge on any atom is 0.237 e. The topological polar surface area (TPSA) is 54.3 Å². The van der Waals surface area contributed by atoms with E-state index in [0.717, 1.165) is 30.3 Å². The molecule has 0 spiro atoms. The molecule has 0 N–H and O–H groups in total. The van der Waals surface area contributed by atoms with Crippen molar-refractivity contribution >= 4 is 23.4 Å². The molecule has 4 rings (SSSR count). The Morgan fingerprint density at radius 2 is 1.73 bits per heavy atom. The number of hydrogen-bond donors (Lipinski definition) is 0. The predicted molar refractivity (Wildman–Crippen MR) is 130 cm³/mol. The second-order valence-corrected chi connectivity index (χ2v) is 9.47. The number of para-hydroxylation sites is 1. The zero-order valence-electron chi connectivity index (χ0n) is 19.2. The third-order valence-electron chi connectivity index (χ3n) is 5.74. The first-order chi connectivity index (χ1) is 16.0. The normalized spacial score (nSPS) is 14.5. The minimum Gasteiger partial charge on any atom is -0.309 e. The molecule has 0 aliphatic carbocycles. The van der Waals surface area contributed by atoms with Gasteiger partial charge in [0.1, 0.15) is 5.82 Å². The average molecular weight is 468 g/mol. The van der Waals surface area contributed by atoms with Crippen molar-refractivity contribution in [2.24, 2.45) is 0 Å². The Hall–Kier alpha value is -2.71. The third-order valence-corrected chi connectivity index (χ3v) is 6.66. The second kappa shape index (κ2) is 10.9. The summed E-state index contributed by atoms with van der Waals surface area (Å²) in [6.07, 6.45) is 3.63. The fourth-order valence-corrected chi connectivity index (χ4v) is 5.01. The highest BCUT2D eigenvalue weighted by Gasteiger charge is 2.23. The van der Waals surface area contributed by atoms with Crippen molar-refractivity contribution in [3.8, 4) is 5.69 Å². The number of rotatable bonds is 8. The van der Waals surface area contributed by atoms with Crippen LogP contribution in [0, 0.1) is 5.82 Å². The average Bonchev–Trinajstić information content (AvgIpc) is 3.22. The van der Waals surface area contributed by atoms with E-state index in [2.05, 4.69) is 15.1 Å². The molecular formula is C25H30FN5OS. The van der Waals surface area contributed by atoms with E-state index in [0.29, 0.717) is 11.7 Å². The maximum absolute atomic E-state index is 13.6. The monoisotopic (exact) mass is 467 g/mol. The highest BCUT2D eigenvalue weighted by Crippen LogP contribution is 2.26. The van der Waals surface area contributed by atoms with Crippen molar-refractivity contribution in [1.82, 2.24) is 19.7 Å². The molecule has 6 nitrogen and oxygen atoms in total. The first-order valence-electron chi connectivity index (χ1n) is 11.5. The molecule has 0 atom stereocenters. The number of piperidine rings is 1. The van der Waals surface area contributed by atoms with E-state index >= 15 is 0 Å². The number of thioether (sulfide) groups is 1. The molecule has 1 fully saturated rings. The van der Waals surface area contributed by atoms with E-state index < -0.39 is 0 Å². The van der Waals surface area contributed by atoms with Crippen LogP contribution in [0.2, 0.25) is 0 Å². The van der Waals surface area contributed by atoms with Crippen LogP contribution in [-0.4, -0.2) is 50.5 Å². The van der Waals surface area contributed by atoms with Gasteiger partial charge in [-0.05, 0) is 76.2 Å². The Morgan fingerprint density at radius 1 is 1.03 bits per heavy atom. The Morgan fingerprint density at radius 3 is 2.39 bits per heavy atom. The first kappa shape index (κ1) is 23.4. The van der Waals surface area contributed by atoms with Crippen molar-refractivity contribution in [3.05, 3.63) is 66.2 Å². The molecule has 1 aromatic heterocycles. The van der Waals surface area contributed by atoms with Crippen molar-refractivity contribution < 1.29 is 9.18 Å². The lowest BCUT2D eigenvalue weighted by Gasteiger charge is -2.27. The van der Waals surface area contributed by atoms with Gasteiger partial charge in [-0.1, -0.05) is 36.4 Å². The fourth-order valence-electron chi connectivity index (χ4n) is 4.18. The van der Waals surface area contributed by atoms with Crippen molar-refractivity contribution in [2.45, 2.75) is 50.9 Å². The number of aromatic nitrogens is 3. The van der Waals surface area contributed by atoms with Gasteiger partial charge in [0, 0.05) is 17.4 Å². The molecule has 1 aliphatic heterocycles. The quantitative estimate of drug-likeness (QED) is 0.440. The van der Waals surface area contributed by atoms with E-state index in [1.165, 1.54) is 43.2 Å². The molecule has 33 heavy (non-hydrogen) atoms. The summed E-state index contributed by atoms with van der Waals surface area (Å²) in [6, 6.07) is 16.1. The van der Waals surface area contributed by atoms with Gasteiger partial charge in [-0.15, -0.1) is 10.2 Å². The number of carbonyl (C=O) groups excluding carboxylic acids is 1. The fraction of sp³-hybridized carbons (Fsp3) is 0.400. The number of halogens is 1. The molecule has 2 heterocycles. The van der Waals surface area contributed by atoms with Crippen LogP contribution in [0.25, 0.3) is 5.69 Å². The van der Waals surface area contributed by atoms with Crippen molar-refractivity contribution in [3.63, 3.8) is 0 Å². The standard InChI is InChI=1S/C25H30FN5OS/c1-19(2)30(21-9-5-3-6-10-21)24(32)18-33-25-28-27-23(17-29-15-7-4-8-16-29)31(25)22-13-11-20(26)12-14-22/h3,5-6,9-14,19H,4,7-8,15-18H2,1-2H3. The molecule has 0 saturated carbocycles. The Balaban J connectivity index is 1.56. The van der Waals surface area contributed by atoms with Crippen molar-refractivity contribution in [2.75, 3.05) is 23.7 Å². The number of benzene rings is 2. The molecule has 3 aromatic rings. The molecule has 8 heteroatoms. The van der Waals surface area contributed by atoms with Gasteiger partial charge in [-0.25, -0.2) is 4.39 Å². The summed E-state index contributed by atoms with van der Waals surface area (Å²) in [4.78, 5) is 17.3. The molecule has 174 valence electrons. The van der Waals surface area contributed by atoms with Gasteiger partial charge >= 0.3 is 0 Å². The minimum atomic E-state index is -0.288. The summed E-state index contributed by atoms with van der Waals surface area (Å²) in [5, 5.41) is 9.51. The van der Waals surface area contributed by atoms with Gasteiger partial charge in [-0.3, -0.25) is 14.3 Å². The van der Waals surface area contributed by atoms with Crippen LogP contribution in [0.15, 0.2) is 59.8 Å². The van der Waals surface area contributed by atoms with Gasteiger partial charge in [0.25, 0.3) is 0 Å². The SMILES string of the molecule is CC(C)N(C(=O)CSc1nnc(CN2CCCCC2)n1-c1ccc(F)cc1)c1ccccc1. The zero-order valence-corrected chi connectivity index (χ0v) is 20.0. The van der Waals surface area contributed by atoms with Gasteiger partial charge in [-0.2, -0.15) is 0 Å². The minimum absolute atomic E-state index is 0.00689. The summed E-state index contributed by atoms with van der Waals surface area (Å²) in [7, 11) is 0. The Kier molecular flexibility index (Phi) is 7.77. The largest absolute Gasteiger partial charge is 0.309 e. The third kappa shape index (κ3) is 5.81. The first-order valence-corrected chi connectivity index (χ1v) is 12.4. The van der Waals surface area contributed by atoms with Crippen LogP contribution < -0.4 is 4.90 Å². The van der Waals surface area contributed by atoms with Crippen LogP contribution in [0.5, 0.6) is 0 Å². The van der Waals surface area contributed by atoms with Crippen LogP contribution in [0.3, 0.4) is 0 Å². The Bertz CT molecular complexity index is 1050. The Labute approximate surface area is 198 Å². The molecule has 1 aliphatic rings. The summed E-state index contributed by atoms with van der Waals surface area (Å²) in [6.45, 7) is 6.77. The molecule has 1 amide bonds. The second-order valence-electron chi connectivity index (χ2n) is 8.53. The highest BCUT2D eigenvalue weighted by molar-refractivity contribution is 7.99. The summed E-state index contributed by atoms with van der Waals surface area (Å²) < 4.78 is 15.5. The predicted octanol–water partition coefficient (Wildman–Crippen LogP) is 4.93. The van der Waals surface area contributed by atoms with Gasteiger partial charge < -0.3 is 4.90 Å². The number of likely N-dealkylation sites (tertiary alicyclic amines) is 1. The van der Waals surface area contributed by atoms with Crippen LogP contribution >= 0.6 is 11.8 Å². The van der Waals surface area contributed by atoms with Crippen LogP contribution in [0.4, 0.5) is 10.1 Å². The van der Waals surface area contributed by atoms with E-state index in [1.54, 1.807) is 17.0 Å². The molecule has 2 aromatic carbocycles. The lowest BCUT2D eigenvalue weighted by atomic mass is 10.1. The smallest absolute Gasteiger partial charge is 0.237 e. The summed E-state index contributed by atoms with van der Waals surface area (Å²) >= 11 is 1.36. The van der Waals surface area contributed by atoms with Gasteiger partial charge in [0.05, 0.1) is 12.3 Å². The number of hydrogen-bond acceptors (Lipinski definition) is 5. The summed E-state index contributed by atoms with van der Waals surface area (Å²) in [5.74, 6) is 0.759. The van der Waals surface area contributed by atoms with Gasteiger partial charge in [0.2, 0.25) is 5.91 Å². The highest BCUT2D eigenvalue weighted by atomic mass is 32.2. The van der Waals surface area contributed by atoms with E-state index in [9.17, 15) is 9.18 Å². The molecule has 1 saturated heterocycles.